The first-order valence-electron chi connectivity index (χ1n) is 9.91. The van der Waals surface area contributed by atoms with Gasteiger partial charge in [-0.1, -0.05) is 43.2 Å². The molecular formula is C23H29FN2O3. The number of hydrogen-bond donors (Lipinski definition) is 1. The Balaban J connectivity index is 2.10. The minimum Gasteiger partial charge on any atom is -0.484 e. The second-order valence-electron chi connectivity index (χ2n) is 7.07. The van der Waals surface area contributed by atoms with Crippen molar-refractivity contribution in [3.8, 4) is 5.75 Å². The van der Waals surface area contributed by atoms with Gasteiger partial charge in [0, 0.05) is 13.1 Å². The summed E-state index contributed by atoms with van der Waals surface area (Å²) in [7, 11) is 0. The normalized spacial score (nSPS) is 11.6. The van der Waals surface area contributed by atoms with E-state index in [1.807, 2.05) is 31.2 Å². The number of nitrogens with one attached hydrogen (secondary N) is 1. The lowest BCUT2D eigenvalue weighted by Gasteiger charge is -2.29. The van der Waals surface area contributed by atoms with Crippen LogP contribution < -0.4 is 10.1 Å². The van der Waals surface area contributed by atoms with E-state index in [1.54, 1.807) is 6.92 Å². The zero-order valence-corrected chi connectivity index (χ0v) is 17.3. The lowest BCUT2D eigenvalue weighted by molar-refractivity contribution is -0.142. The molecule has 0 unspecified atom stereocenters. The van der Waals surface area contributed by atoms with Crippen molar-refractivity contribution >= 4 is 11.8 Å². The highest BCUT2D eigenvalue weighted by Crippen LogP contribution is 2.14. The van der Waals surface area contributed by atoms with Crippen LogP contribution in [0.25, 0.3) is 0 Å². The first-order valence-corrected chi connectivity index (χ1v) is 9.91. The Morgan fingerprint density at radius 2 is 1.90 bits per heavy atom. The van der Waals surface area contributed by atoms with E-state index >= 15 is 0 Å². The number of carbonyl (C=O) groups is 2. The SMILES string of the molecule is CCCCNC(=O)[C@H](C)N(Cc1cccc(C)c1)C(=O)COc1ccc(F)cc1. The molecule has 0 saturated heterocycles. The predicted octanol–water partition coefficient (Wildman–Crippen LogP) is 3.85. The largest absolute Gasteiger partial charge is 0.484 e. The summed E-state index contributed by atoms with van der Waals surface area (Å²) < 4.78 is 18.5. The first kappa shape index (κ1) is 22.4. The van der Waals surface area contributed by atoms with Gasteiger partial charge in [0.05, 0.1) is 0 Å². The molecule has 29 heavy (non-hydrogen) atoms. The molecule has 0 heterocycles. The number of halogens is 1. The molecule has 0 radical (unpaired) electrons. The Labute approximate surface area is 171 Å². The van der Waals surface area contributed by atoms with Crippen molar-refractivity contribution in [1.82, 2.24) is 10.2 Å². The Kier molecular flexibility index (Phi) is 8.65. The number of benzene rings is 2. The molecule has 0 aliphatic heterocycles. The van der Waals surface area contributed by atoms with Gasteiger partial charge in [0.2, 0.25) is 5.91 Å². The quantitative estimate of drug-likeness (QED) is 0.617. The van der Waals surface area contributed by atoms with Crippen LogP contribution in [-0.4, -0.2) is 35.9 Å². The van der Waals surface area contributed by atoms with Gasteiger partial charge in [-0.2, -0.15) is 0 Å². The van der Waals surface area contributed by atoms with E-state index in [4.69, 9.17) is 4.74 Å². The maximum atomic E-state index is 13.0. The Morgan fingerprint density at radius 1 is 1.17 bits per heavy atom. The van der Waals surface area contributed by atoms with Crippen LogP contribution >= 0.6 is 0 Å². The molecule has 2 amide bonds. The Hall–Kier alpha value is -2.89. The molecule has 0 spiro atoms. The lowest BCUT2D eigenvalue weighted by atomic mass is 10.1. The fraction of sp³-hybridized carbons (Fsp3) is 0.391. The van der Waals surface area contributed by atoms with Crippen molar-refractivity contribution in [2.75, 3.05) is 13.2 Å². The monoisotopic (exact) mass is 400 g/mol. The van der Waals surface area contributed by atoms with Gasteiger partial charge in [-0.3, -0.25) is 9.59 Å². The summed E-state index contributed by atoms with van der Waals surface area (Å²) >= 11 is 0. The van der Waals surface area contributed by atoms with E-state index in [0.29, 0.717) is 18.8 Å². The molecule has 0 fully saturated rings. The lowest BCUT2D eigenvalue weighted by Crippen LogP contribution is -2.49. The third-order valence-corrected chi connectivity index (χ3v) is 4.61. The number of ether oxygens (including phenoxy) is 1. The number of aryl methyl sites for hydroxylation is 1. The second-order valence-corrected chi connectivity index (χ2v) is 7.07. The van der Waals surface area contributed by atoms with Gasteiger partial charge in [0.1, 0.15) is 17.6 Å². The molecule has 0 aliphatic rings. The zero-order valence-electron chi connectivity index (χ0n) is 17.3. The molecule has 156 valence electrons. The molecule has 1 N–H and O–H groups in total. The topological polar surface area (TPSA) is 58.6 Å². The van der Waals surface area contributed by atoms with Crippen LogP contribution in [0.3, 0.4) is 0 Å². The molecule has 5 nitrogen and oxygen atoms in total. The number of amides is 2. The van der Waals surface area contributed by atoms with Crippen molar-refractivity contribution in [3.05, 3.63) is 65.5 Å². The molecule has 0 bridgehead atoms. The number of hydrogen-bond acceptors (Lipinski definition) is 3. The van der Waals surface area contributed by atoms with Gasteiger partial charge in [-0.15, -0.1) is 0 Å². The van der Waals surface area contributed by atoms with Crippen LogP contribution in [0.15, 0.2) is 48.5 Å². The van der Waals surface area contributed by atoms with Gasteiger partial charge in [0.15, 0.2) is 6.61 Å². The summed E-state index contributed by atoms with van der Waals surface area (Å²) in [6, 6.07) is 12.7. The van der Waals surface area contributed by atoms with E-state index < -0.39 is 6.04 Å². The molecular weight excluding hydrogens is 371 g/mol. The Morgan fingerprint density at radius 3 is 2.55 bits per heavy atom. The van der Waals surface area contributed by atoms with Crippen molar-refractivity contribution in [1.29, 1.82) is 0 Å². The van der Waals surface area contributed by atoms with Crippen LogP contribution in [-0.2, 0) is 16.1 Å². The third kappa shape index (κ3) is 7.22. The summed E-state index contributed by atoms with van der Waals surface area (Å²) in [6.45, 7) is 6.40. The molecule has 1 atom stereocenters. The molecule has 2 aromatic carbocycles. The molecule has 2 aromatic rings. The Bertz CT molecular complexity index is 808. The third-order valence-electron chi connectivity index (χ3n) is 4.61. The van der Waals surface area contributed by atoms with Crippen LogP contribution in [0.4, 0.5) is 4.39 Å². The zero-order chi connectivity index (χ0) is 21.2. The van der Waals surface area contributed by atoms with Crippen LogP contribution in [0.2, 0.25) is 0 Å². The van der Waals surface area contributed by atoms with Gasteiger partial charge in [-0.25, -0.2) is 4.39 Å². The fourth-order valence-corrected chi connectivity index (χ4v) is 2.88. The van der Waals surface area contributed by atoms with E-state index in [0.717, 1.165) is 24.0 Å². The summed E-state index contributed by atoms with van der Waals surface area (Å²) in [4.78, 5) is 27.0. The number of nitrogens with zero attached hydrogens (tertiary/aromatic N) is 1. The van der Waals surface area contributed by atoms with Gasteiger partial charge in [0.25, 0.3) is 5.91 Å². The van der Waals surface area contributed by atoms with E-state index in [-0.39, 0.29) is 24.2 Å². The van der Waals surface area contributed by atoms with Crippen molar-refractivity contribution in [2.45, 2.75) is 46.2 Å². The summed E-state index contributed by atoms with van der Waals surface area (Å²) in [6.07, 6.45) is 1.87. The van der Waals surface area contributed by atoms with E-state index in [1.165, 1.54) is 29.2 Å². The molecule has 0 aliphatic carbocycles. The fourth-order valence-electron chi connectivity index (χ4n) is 2.88. The van der Waals surface area contributed by atoms with Crippen molar-refractivity contribution < 1.29 is 18.7 Å². The maximum absolute atomic E-state index is 13.0. The first-order chi connectivity index (χ1) is 13.9. The number of rotatable bonds is 10. The highest BCUT2D eigenvalue weighted by molar-refractivity contribution is 5.87. The van der Waals surface area contributed by atoms with E-state index in [9.17, 15) is 14.0 Å². The molecule has 0 aromatic heterocycles. The highest BCUT2D eigenvalue weighted by atomic mass is 19.1. The average Bonchev–Trinajstić information content (AvgIpc) is 2.71. The summed E-state index contributed by atoms with van der Waals surface area (Å²) in [5.41, 5.74) is 2.02. The van der Waals surface area contributed by atoms with E-state index in [2.05, 4.69) is 12.2 Å². The standard InChI is InChI=1S/C23H29FN2O3/c1-4-5-13-25-23(28)18(3)26(15-19-8-6-7-17(2)14-19)22(27)16-29-21-11-9-20(24)10-12-21/h6-12,14,18H,4-5,13,15-16H2,1-3H3,(H,25,28)/t18-/m0/s1. The highest BCUT2D eigenvalue weighted by Gasteiger charge is 2.26. The maximum Gasteiger partial charge on any atom is 0.261 e. The predicted molar refractivity (Wildman–Crippen MR) is 111 cm³/mol. The summed E-state index contributed by atoms with van der Waals surface area (Å²) in [5.74, 6) is -0.479. The van der Waals surface area contributed by atoms with Crippen LogP contribution in [0.1, 0.15) is 37.8 Å². The summed E-state index contributed by atoms with van der Waals surface area (Å²) in [5, 5.41) is 2.88. The van der Waals surface area contributed by atoms with Crippen LogP contribution in [0.5, 0.6) is 5.75 Å². The van der Waals surface area contributed by atoms with Crippen molar-refractivity contribution in [2.24, 2.45) is 0 Å². The second kappa shape index (κ2) is 11.2. The molecule has 6 heteroatoms. The van der Waals surface area contributed by atoms with Gasteiger partial charge in [-0.05, 0) is 50.1 Å². The minimum absolute atomic E-state index is 0.193. The molecule has 0 saturated carbocycles. The van der Waals surface area contributed by atoms with Gasteiger partial charge < -0.3 is 15.0 Å². The smallest absolute Gasteiger partial charge is 0.261 e. The number of unbranched alkanes of at least 4 members (excludes halogenated alkanes) is 1. The van der Waals surface area contributed by atoms with Crippen molar-refractivity contribution in [3.63, 3.8) is 0 Å². The minimum atomic E-state index is -0.642. The molecule has 2 rings (SSSR count). The number of carbonyl (C=O) groups excluding carboxylic acids is 2. The van der Waals surface area contributed by atoms with Gasteiger partial charge >= 0.3 is 0 Å². The average molecular weight is 400 g/mol. The van der Waals surface area contributed by atoms with Crippen LogP contribution in [0, 0.1) is 12.7 Å².